The summed E-state index contributed by atoms with van der Waals surface area (Å²) in [6.45, 7) is 7.59. The van der Waals surface area contributed by atoms with E-state index in [4.69, 9.17) is 56.2 Å². The number of likely N-dealkylation sites (N-methyl/N-ethyl adjacent to an activating group) is 1. The maximum Gasteiger partial charge on any atom is 0.409 e. The Kier molecular flexibility index (Phi) is 19.1. The number of aliphatic hydroxyl groups is 1. The second-order valence-corrected chi connectivity index (χ2v) is 17.2. The number of hydrogen-bond donors (Lipinski definition) is 5. The van der Waals surface area contributed by atoms with Crippen LogP contribution in [-0.4, -0.2) is 155 Å². The molecule has 7 N–H and O–H groups in total. The van der Waals surface area contributed by atoms with Gasteiger partial charge in [0.15, 0.2) is 5.72 Å². The van der Waals surface area contributed by atoms with Crippen LogP contribution in [0, 0.1) is 5.92 Å². The van der Waals surface area contributed by atoms with Crippen LogP contribution in [0.15, 0.2) is 35.9 Å². The Morgan fingerprint density at radius 3 is 2.48 bits per heavy atom. The van der Waals surface area contributed by atoms with Gasteiger partial charge >= 0.3 is 12.1 Å². The zero-order valence-electron chi connectivity index (χ0n) is 38.4. The molecule has 65 heavy (non-hydrogen) atoms. The number of nitrogens with one attached hydrogen (secondary N) is 2. The van der Waals surface area contributed by atoms with Crippen LogP contribution in [0.3, 0.4) is 0 Å². The highest BCUT2D eigenvalue weighted by molar-refractivity contribution is 6.35. The van der Waals surface area contributed by atoms with Gasteiger partial charge in [-0.1, -0.05) is 42.3 Å². The highest BCUT2D eigenvalue weighted by atomic mass is 35.5. The van der Waals surface area contributed by atoms with Gasteiger partial charge in [-0.25, -0.2) is 9.59 Å². The molecule has 9 atom stereocenters. The average molecular weight is 937 g/mol. The first-order valence-corrected chi connectivity index (χ1v) is 21.8. The van der Waals surface area contributed by atoms with Crippen molar-refractivity contribution in [3.05, 3.63) is 46.5 Å². The number of amides is 5. The lowest BCUT2D eigenvalue weighted by molar-refractivity contribution is -0.162. The van der Waals surface area contributed by atoms with Gasteiger partial charge in [0.05, 0.1) is 64.2 Å². The summed E-state index contributed by atoms with van der Waals surface area (Å²) < 4.78 is 40.2. The van der Waals surface area contributed by atoms with Crippen molar-refractivity contribution in [1.29, 1.82) is 0 Å². The molecular weight excluding hydrogens is 872 g/mol. The third-order valence-electron chi connectivity index (χ3n) is 11.9. The first-order valence-electron chi connectivity index (χ1n) is 21.5. The van der Waals surface area contributed by atoms with Crippen LogP contribution in [0.4, 0.5) is 10.5 Å². The molecule has 0 aromatic heterocycles. The van der Waals surface area contributed by atoms with Crippen molar-refractivity contribution in [2.24, 2.45) is 17.4 Å². The molecule has 1 aromatic rings. The molecule has 21 heteroatoms. The van der Waals surface area contributed by atoms with Crippen LogP contribution in [0.25, 0.3) is 0 Å². The zero-order valence-corrected chi connectivity index (χ0v) is 39.1. The van der Waals surface area contributed by atoms with Gasteiger partial charge in [0.1, 0.15) is 40.7 Å². The number of allylic oxidation sites excluding steroid dienone is 3. The minimum absolute atomic E-state index is 0.00489. The maximum atomic E-state index is 14.2. The van der Waals surface area contributed by atoms with Crippen LogP contribution >= 0.6 is 11.6 Å². The van der Waals surface area contributed by atoms with Gasteiger partial charge in [0, 0.05) is 46.5 Å². The number of methoxy groups -OCH3 is 2. The molecule has 0 spiro atoms. The lowest BCUT2D eigenvalue weighted by Gasteiger charge is -2.42. The van der Waals surface area contributed by atoms with E-state index in [1.54, 1.807) is 45.2 Å². The smallest absolute Gasteiger partial charge is 0.409 e. The Bertz CT molecular complexity index is 1950. The Morgan fingerprint density at radius 1 is 1.12 bits per heavy atom. The summed E-state index contributed by atoms with van der Waals surface area (Å²) >= 11 is 6.78. The molecule has 3 heterocycles. The molecule has 4 rings (SSSR count). The van der Waals surface area contributed by atoms with Crippen molar-refractivity contribution >= 4 is 53.0 Å². The summed E-state index contributed by atoms with van der Waals surface area (Å²) in [5.74, 6) is -2.90. The van der Waals surface area contributed by atoms with Gasteiger partial charge in [-0.3, -0.25) is 24.5 Å². The van der Waals surface area contributed by atoms with Gasteiger partial charge in [0.25, 0.3) is 0 Å². The zero-order chi connectivity index (χ0) is 48.2. The number of epoxide rings is 1. The largest absolute Gasteiger partial charge is 0.495 e. The van der Waals surface area contributed by atoms with Crippen LogP contribution in [0.2, 0.25) is 5.02 Å². The van der Waals surface area contributed by atoms with Crippen molar-refractivity contribution in [1.82, 2.24) is 15.5 Å². The highest BCUT2D eigenvalue weighted by Crippen LogP contribution is 2.49. The van der Waals surface area contributed by atoms with Gasteiger partial charge in [-0.05, 0) is 51.3 Å². The number of halogens is 1. The van der Waals surface area contributed by atoms with E-state index in [2.05, 4.69) is 10.6 Å². The van der Waals surface area contributed by atoms with Crippen molar-refractivity contribution in [3.8, 4) is 5.75 Å². The second kappa shape index (κ2) is 23.6. The fourth-order valence-electron chi connectivity index (χ4n) is 7.68. The summed E-state index contributed by atoms with van der Waals surface area (Å²) in [6.07, 6.45) is 0.594. The van der Waals surface area contributed by atoms with E-state index < -0.39 is 89.4 Å². The van der Waals surface area contributed by atoms with E-state index in [-0.39, 0.29) is 70.1 Å². The minimum atomic E-state index is -1.87. The third kappa shape index (κ3) is 14.1. The Morgan fingerprint density at radius 2 is 1.82 bits per heavy atom. The van der Waals surface area contributed by atoms with Gasteiger partial charge < -0.3 is 64.8 Å². The van der Waals surface area contributed by atoms with Crippen LogP contribution in [0.5, 0.6) is 5.75 Å². The molecule has 0 saturated carbocycles. The third-order valence-corrected chi connectivity index (χ3v) is 12.3. The number of benzene rings is 1. The number of rotatable bonds is 18. The van der Waals surface area contributed by atoms with E-state index in [9.17, 15) is 33.9 Å². The topological polar surface area (TPSA) is 273 Å². The SMILES string of the molecule is COc1cc2cc(c1Cl)N(C)C(=O)C[C@H](OC(=O)[C@H](C)N(C)C(=O)CCOCCOCCNC(=O)[C@@H](N)CCC(N)=O)[C@]1(C)OC1[C@H](C)[C@@H]1C[C@@](O)(NC(=O)O1)[C@H](OC)/C=C/C=C(\C)C2. The molecule has 2 fully saturated rings. The molecule has 0 aliphatic carbocycles. The Hall–Kier alpha value is -4.83. The normalized spacial score (nSPS) is 28.0. The number of nitrogens with zero attached hydrogens (tertiary/aromatic N) is 2. The highest BCUT2D eigenvalue weighted by Gasteiger charge is 2.64. The predicted molar refractivity (Wildman–Crippen MR) is 237 cm³/mol. The molecule has 362 valence electrons. The lowest BCUT2D eigenvalue weighted by atomic mass is 9.83. The summed E-state index contributed by atoms with van der Waals surface area (Å²) in [7, 11) is 5.88. The molecule has 3 aliphatic heterocycles. The van der Waals surface area contributed by atoms with Gasteiger partial charge in [0.2, 0.25) is 23.6 Å². The maximum absolute atomic E-state index is 14.2. The van der Waals surface area contributed by atoms with Crippen LogP contribution in [0.1, 0.15) is 65.4 Å². The van der Waals surface area contributed by atoms with Crippen molar-refractivity contribution in [3.63, 3.8) is 0 Å². The molecule has 20 nitrogen and oxygen atoms in total. The molecule has 1 aromatic carbocycles. The van der Waals surface area contributed by atoms with E-state index in [0.717, 1.165) is 11.1 Å². The van der Waals surface area contributed by atoms with E-state index in [1.807, 2.05) is 13.0 Å². The molecule has 1 unspecified atom stereocenters. The molecule has 0 radical (unpaired) electrons. The number of fused-ring (bicyclic) bond motifs is 5. The molecule has 3 aliphatic rings. The molecule has 4 bridgehead atoms. The number of hydrogen-bond acceptors (Lipinski definition) is 15. The van der Waals surface area contributed by atoms with E-state index >= 15 is 0 Å². The summed E-state index contributed by atoms with van der Waals surface area (Å²) in [5.41, 5.74) is 9.70. The quantitative estimate of drug-likeness (QED) is 0.0796. The summed E-state index contributed by atoms with van der Waals surface area (Å²) in [4.78, 5) is 79.7. The fourth-order valence-corrected chi connectivity index (χ4v) is 8.00. The second-order valence-electron chi connectivity index (χ2n) is 16.8. The first-order chi connectivity index (χ1) is 30.6. The summed E-state index contributed by atoms with van der Waals surface area (Å²) in [6, 6.07) is 1.58. The Balaban J connectivity index is 1.46. The number of esters is 1. The molecule has 2 saturated heterocycles. The standard InChI is InChI=1S/C44H65ClN6O14/c1-25-10-9-11-33(60-8)44(58)24-32(63-42(57)49-44)26(2)39-43(4,65-39)34(23-37(54)51(6)30-21-28(20-25)22-31(59-7)38(30)45)64-41(56)27(3)50(5)36(53)14-16-61-18-19-62-17-15-48-40(55)29(46)12-13-35(47)52/h9-11,21-22,26-27,29,32-34,39,58H,12-20,23-24,46H2,1-8H3,(H2,47,52)(H,48,55)(H,49,57)/b11-9+,25-10+/t26-,27+,29+,32+,33-,34+,39?,43+,44+/m1/s1. The average Bonchev–Trinajstić information content (AvgIpc) is 3.96. The number of carbonyl (C=O) groups excluding carboxylic acids is 6. The lowest BCUT2D eigenvalue weighted by Crippen LogP contribution is -2.63. The molecule has 5 amide bonds. The monoisotopic (exact) mass is 936 g/mol. The van der Waals surface area contributed by atoms with Gasteiger partial charge in [-0.15, -0.1) is 0 Å². The summed E-state index contributed by atoms with van der Waals surface area (Å²) in [5, 5.41) is 17.1. The van der Waals surface area contributed by atoms with Gasteiger partial charge in [-0.2, -0.15) is 0 Å². The predicted octanol–water partition coefficient (Wildman–Crippen LogP) is 1.65. The van der Waals surface area contributed by atoms with Crippen molar-refractivity contribution < 1.29 is 67.0 Å². The number of nitrogens with two attached hydrogens (primary N) is 2. The number of carbonyl (C=O) groups is 6. The van der Waals surface area contributed by atoms with Crippen molar-refractivity contribution in [2.75, 3.05) is 66.2 Å². The van der Waals surface area contributed by atoms with Crippen LogP contribution in [-0.2, 0) is 58.8 Å². The van der Waals surface area contributed by atoms with Crippen LogP contribution < -0.4 is 31.7 Å². The number of anilines is 1. The fraction of sp³-hybridized carbons (Fsp3) is 0.636. The number of ether oxygens (including phenoxy) is 7. The van der Waals surface area contributed by atoms with Crippen molar-refractivity contribution in [2.45, 2.75) is 114 Å². The molecular formula is C44H65ClN6O14. The minimum Gasteiger partial charge on any atom is -0.495 e. The number of primary amides is 1. The Labute approximate surface area is 384 Å². The first kappa shape index (κ1) is 52.8. The number of alkyl carbamates (subject to hydrolysis) is 1. The van der Waals surface area contributed by atoms with E-state index in [0.29, 0.717) is 17.9 Å². The van der Waals surface area contributed by atoms with E-state index in [1.165, 1.54) is 38.0 Å².